The van der Waals surface area contributed by atoms with E-state index in [0.717, 1.165) is 23.0 Å². The van der Waals surface area contributed by atoms with Crippen LogP contribution >= 0.6 is 0 Å². The van der Waals surface area contributed by atoms with Gasteiger partial charge in [0.15, 0.2) is 0 Å². The van der Waals surface area contributed by atoms with E-state index in [1.54, 1.807) is 0 Å². The van der Waals surface area contributed by atoms with Crippen molar-refractivity contribution in [2.75, 3.05) is 0 Å². The average Bonchev–Trinajstić information content (AvgIpc) is 2.81. The second kappa shape index (κ2) is 11.6. The van der Waals surface area contributed by atoms with Crippen molar-refractivity contribution in [3.63, 3.8) is 0 Å². The van der Waals surface area contributed by atoms with E-state index < -0.39 is 0 Å². The van der Waals surface area contributed by atoms with Gasteiger partial charge >= 0.3 is 0 Å². The largest absolute Gasteiger partial charge is 0.192 e. The maximum atomic E-state index is 9.99. The van der Waals surface area contributed by atoms with Gasteiger partial charge in [-0.25, -0.2) is 0 Å². The first kappa shape index (κ1) is 22.9. The summed E-state index contributed by atoms with van der Waals surface area (Å²) >= 11 is 0. The summed E-state index contributed by atoms with van der Waals surface area (Å²) in [6.45, 7) is 4.54. The van der Waals surface area contributed by atoms with Crippen LogP contribution in [0.4, 0.5) is 0 Å². The van der Waals surface area contributed by atoms with E-state index in [1.807, 2.05) is 0 Å². The highest BCUT2D eigenvalue weighted by Crippen LogP contribution is 2.43. The summed E-state index contributed by atoms with van der Waals surface area (Å²) in [5.74, 6) is 2.65. The normalized spacial score (nSPS) is 26.7. The number of hydrogen-bond donors (Lipinski definition) is 0. The molecule has 0 heterocycles. The SMILES string of the molecule is CCCCC1CCC(c2ccc(C3CCC(CCCC)CC3)c(C#N)c2C#N)CC1. The molecule has 0 spiro atoms. The highest BCUT2D eigenvalue weighted by Gasteiger charge is 2.29. The molecule has 0 N–H and O–H groups in total. The maximum Gasteiger partial charge on any atom is 0.101 e. The number of hydrogen-bond acceptors (Lipinski definition) is 2. The third-order valence-corrected chi connectivity index (χ3v) is 8.00. The van der Waals surface area contributed by atoms with Gasteiger partial charge < -0.3 is 0 Å². The van der Waals surface area contributed by atoms with Crippen molar-refractivity contribution in [1.82, 2.24) is 0 Å². The zero-order chi connectivity index (χ0) is 21.3. The molecule has 0 amide bonds. The number of benzene rings is 1. The van der Waals surface area contributed by atoms with Crippen LogP contribution in [-0.4, -0.2) is 0 Å². The summed E-state index contributed by atoms with van der Waals surface area (Å²) in [6, 6.07) is 9.34. The van der Waals surface area contributed by atoms with Crippen LogP contribution in [0.1, 0.15) is 138 Å². The molecule has 0 unspecified atom stereocenters. The maximum absolute atomic E-state index is 9.99. The van der Waals surface area contributed by atoms with Gasteiger partial charge in [0.25, 0.3) is 0 Å². The van der Waals surface area contributed by atoms with Crippen molar-refractivity contribution >= 4 is 0 Å². The topological polar surface area (TPSA) is 47.6 Å². The summed E-state index contributed by atoms with van der Waals surface area (Å²) in [6.07, 6.45) is 17.8. The quantitative estimate of drug-likeness (QED) is 0.437. The Balaban J connectivity index is 1.72. The Morgan fingerprint density at radius 2 is 1.03 bits per heavy atom. The van der Waals surface area contributed by atoms with E-state index in [0.29, 0.717) is 23.0 Å². The first-order valence-corrected chi connectivity index (χ1v) is 12.7. The second-order valence-corrected chi connectivity index (χ2v) is 9.94. The number of nitriles is 2. The fraction of sp³-hybridized carbons (Fsp3) is 0.714. The van der Waals surface area contributed by atoms with E-state index in [1.165, 1.54) is 89.9 Å². The van der Waals surface area contributed by atoms with Gasteiger partial charge in [-0.05, 0) is 86.2 Å². The Bertz CT molecular complexity index is 685. The van der Waals surface area contributed by atoms with Crippen molar-refractivity contribution in [3.8, 4) is 12.1 Å². The lowest BCUT2D eigenvalue weighted by Gasteiger charge is -2.31. The van der Waals surface area contributed by atoms with Crippen LogP contribution in [0, 0.1) is 34.5 Å². The molecule has 2 fully saturated rings. The monoisotopic (exact) mass is 404 g/mol. The van der Waals surface area contributed by atoms with Crippen LogP contribution in [-0.2, 0) is 0 Å². The van der Waals surface area contributed by atoms with Gasteiger partial charge in [-0.2, -0.15) is 10.5 Å². The lowest BCUT2D eigenvalue weighted by molar-refractivity contribution is 0.302. The minimum atomic E-state index is 0.462. The van der Waals surface area contributed by atoms with Crippen molar-refractivity contribution in [1.29, 1.82) is 10.5 Å². The molecule has 0 atom stereocenters. The number of rotatable bonds is 8. The van der Waals surface area contributed by atoms with Crippen molar-refractivity contribution in [3.05, 3.63) is 34.4 Å². The number of unbranched alkanes of at least 4 members (excludes halogenated alkanes) is 2. The lowest BCUT2D eigenvalue weighted by atomic mass is 9.73. The molecule has 0 saturated heterocycles. The van der Waals surface area contributed by atoms with Gasteiger partial charge in [-0.15, -0.1) is 0 Å². The van der Waals surface area contributed by atoms with Crippen LogP contribution in [0.25, 0.3) is 0 Å². The average molecular weight is 405 g/mol. The predicted octanol–water partition coefficient (Wildman–Crippen LogP) is 8.36. The van der Waals surface area contributed by atoms with Gasteiger partial charge in [-0.3, -0.25) is 0 Å². The van der Waals surface area contributed by atoms with Gasteiger partial charge in [0.2, 0.25) is 0 Å². The third-order valence-electron chi connectivity index (χ3n) is 8.00. The molecule has 2 nitrogen and oxygen atoms in total. The van der Waals surface area contributed by atoms with Gasteiger partial charge in [0.1, 0.15) is 12.1 Å². The van der Waals surface area contributed by atoms with Crippen LogP contribution in [0.5, 0.6) is 0 Å². The van der Waals surface area contributed by atoms with Crippen molar-refractivity contribution < 1.29 is 0 Å². The fourth-order valence-corrected chi connectivity index (χ4v) is 6.07. The van der Waals surface area contributed by atoms with E-state index in [2.05, 4.69) is 38.1 Å². The molecule has 30 heavy (non-hydrogen) atoms. The van der Waals surface area contributed by atoms with E-state index in [-0.39, 0.29) is 0 Å². The van der Waals surface area contributed by atoms with E-state index >= 15 is 0 Å². The summed E-state index contributed by atoms with van der Waals surface area (Å²) < 4.78 is 0. The Morgan fingerprint density at radius 3 is 1.33 bits per heavy atom. The minimum Gasteiger partial charge on any atom is -0.192 e. The lowest BCUT2D eigenvalue weighted by Crippen LogP contribution is -2.17. The molecule has 1 aromatic rings. The molecule has 0 aliphatic heterocycles. The molecule has 0 aromatic heterocycles. The predicted molar refractivity (Wildman–Crippen MR) is 124 cm³/mol. The molecule has 1 aromatic carbocycles. The van der Waals surface area contributed by atoms with E-state index in [9.17, 15) is 10.5 Å². The first-order valence-electron chi connectivity index (χ1n) is 12.7. The third kappa shape index (κ3) is 5.46. The first-order chi connectivity index (χ1) is 14.7. The fourth-order valence-electron chi connectivity index (χ4n) is 6.07. The Morgan fingerprint density at radius 1 is 0.667 bits per heavy atom. The molecule has 2 heteroatoms. The Kier molecular flexibility index (Phi) is 8.81. The standard InChI is InChI=1S/C28H40N2/c1-3-5-7-21-9-13-23(14-10-21)25-17-18-26(28(20-30)27(25)19-29)24-15-11-22(12-16-24)8-6-4-2/h17-18,21-24H,3-16H2,1-2H3. The van der Waals surface area contributed by atoms with Crippen LogP contribution < -0.4 is 0 Å². The molecule has 162 valence electrons. The minimum absolute atomic E-state index is 0.462. The summed E-state index contributed by atoms with van der Waals surface area (Å²) in [7, 11) is 0. The molecule has 0 bridgehead atoms. The van der Waals surface area contributed by atoms with Crippen molar-refractivity contribution in [2.24, 2.45) is 11.8 Å². The zero-order valence-corrected chi connectivity index (χ0v) is 19.3. The van der Waals surface area contributed by atoms with Gasteiger partial charge in [-0.1, -0.05) is 64.5 Å². The molecule has 2 saturated carbocycles. The molecule has 0 radical (unpaired) electrons. The molecule has 2 aliphatic carbocycles. The molecule has 3 rings (SSSR count). The highest BCUT2D eigenvalue weighted by molar-refractivity contribution is 5.56. The second-order valence-electron chi connectivity index (χ2n) is 9.94. The summed E-state index contributed by atoms with van der Waals surface area (Å²) in [4.78, 5) is 0. The van der Waals surface area contributed by atoms with Crippen LogP contribution in [0.2, 0.25) is 0 Å². The van der Waals surface area contributed by atoms with Gasteiger partial charge in [0.05, 0.1) is 11.1 Å². The Labute approximate surface area is 184 Å². The van der Waals surface area contributed by atoms with Crippen LogP contribution in [0.15, 0.2) is 12.1 Å². The summed E-state index contributed by atoms with van der Waals surface area (Å²) in [5.41, 5.74) is 3.70. The van der Waals surface area contributed by atoms with Crippen LogP contribution in [0.3, 0.4) is 0 Å². The van der Waals surface area contributed by atoms with E-state index in [4.69, 9.17) is 0 Å². The highest BCUT2D eigenvalue weighted by atomic mass is 14.4. The number of nitrogens with zero attached hydrogens (tertiary/aromatic N) is 2. The smallest absolute Gasteiger partial charge is 0.101 e. The molecule has 2 aliphatic rings. The van der Waals surface area contributed by atoms with Crippen molar-refractivity contribution in [2.45, 2.75) is 116 Å². The summed E-state index contributed by atoms with van der Waals surface area (Å²) in [5, 5.41) is 20.0. The van der Waals surface area contributed by atoms with Gasteiger partial charge in [0, 0.05) is 0 Å². The molecular weight excluding hydrogens is 364 g/mol. The Hall–Kier alpha value is -1.80. The molecular formula is C28H40N2. The zero-order valence-electron chi connectivity index (χ0n) is 19.3.